The normalized spacial score (nSPS) is 12.4. The number of carbonyl (C=O) groups excluding carboxylic acids is 1. The van der Waals surface area contributed by atoms with Crippen LogP contribution in [0.1, 0.15) is 45.4 Å². The summed E-state index contributed by atoms with van der Waals surface area (Å²) in [5.41, 5.74) is 5.42. The zero-order chi connectivity index (χ0) is 12.9. The van der Waals surface area contributed by atoms with E-state index in [1.165, 1.54) is 25.0 Å². The van der Waals surface area contributed by atoms with Gasteiger partial charge in [-0.15, -0.1) is 0 Å². The highest BCUT2D eigenvalue weighted by Crippen LogP contribution is 2.06. The second-order valence-electron chi connectivity index (χ2n) is 4.53. The van der Waals surface area contributed by atoms with Crippen LogP contribution in [-0.4, -0.2) is 31.0 Å². The summed E-state index contributed by atoms with van der Waals surface area (Å²) in [5, 5.41) is 3.00. The van der Waals surface area contributed by atoms with E-state index in [2.05, 4.69) is 11.6 Å². The number of rotatable bonds is 11. The predicted molar refractivity (Wildman–Crippen MR) is 77.3 cm³/mol. The fourth-order valence-corrected chi connectivity index (χ4v) is 2.16. The van der Waals surface area contributed by atoms with Crippen LogP contribution in [0.15, 0.2) is 0 Å². The lowest BCUT2D eigenvalue weighted by molar-refractivity contribution is -0.124. The van der Waals surface area contributed by atoms with Gasteiger partial charge in [0, 0.05) is 12.5 Å². The molecule has 0 saturated carbocycles. The number of nitrogens with one attached hydrogen (secondary N) is 1. The van der Waals surface area contributed by atoms with Crippen molar-refractivity contribution in [3.8, 4) is 0 Å². The largest absolute Gasteiger partial charge is 0.356 e. The van der Waals surface area contributed by atoms with Crippen molar-refractivity contribution in [2.75, 3.05) is 25.1 Å². The van der Waals surface area contributed by atoms with Crippen LogP contribution in [0.2, 0.25) is 0 Å². The lowest BCUT2D eigenvalue weighted by Gasteiger charge is -2.11. The average molecular weight is 260 g/mol. The molecule has 0 aliphatic rings. The molecule has 1 atom stereocenters. The molecule has 1 unspecified atom stereocenters. The van der Waals surface area contributed by atoms with Gasteiger partial charge in [-0.3, -0.25) is 4.79 Å². The quantitative estimate of drug-likeness (QED) is 0.561. The van der Waals surface area contributed by atoms with Crippen molar-refractivity contribution in [1.29, 1.82) is 0 Å². The molecule has 0 aromatic heterocycles. The number of hydrogen-bond acceptors (Lipinski definition) is 3. The predicted octanol–water partition coefficient (Wildman–Crippen LogP) is 2.40. The maximum absolute atomic E-state index is 11.6. The first kappa shape index (κ1) is 16.8. The summed E-state index contributed by atoms with van der Waals surface area (Å²) >= 11 is 1.90. The Morgan fingerprint density at radius 2 is 1.94 bits per heavy atom. The van der Waals surface area contributed by atoms with Crippen LogP contribution < -0.4 is 11.1 Å². The molecule has 0 saturated heterocycles. The number of thioether (sulfide) groups is 1. The molecule has 0 bridgehead atoms. The van der Waals surface area contributed by atoms with Crippen LogP contribution in [0.3, 0.4) is 0 Å². The minimum absolute atomic E-state index is 0.107. The highest BCUT2D eigenvalue weighted by molar-refractivity contribution is 7.98. The van der Waals surface area contributed by atoms with Crippen LogP contribution in [0.4, 0.5) is 0 Å². The van der Waals surface area contributed by atoms with Crippen molar-refractivity contribution in [3.63, 3.8) is 0 Å². The first-order chi connectivity index (χ1) is 8.22. The average Bonchev–Trinajstić information content (AvgIpc) is 2.34. The summed E-state index contributed by atoms with van der Waals surface area (Å²) in [7, 11) is 0. The molecule has 0 aliphatic heterocycles. The lowest BCUT2D eigenvalue weighted by Crippen LogP contribution is -2.30. The van der Waals surface area contributed by atoms with Gasteiger partial charge in [-0.05, 0) is 44.2 Å². The van der Waals surface area contributed by atoms with E-state index in [1.807, 2.05) is 18.7 Å². The molecule has 3 N–H and O–H groups in total. The number of unbranched alkanes of at least 4 members (excludes halogenated alkanes) is 3. The Bertz CT molecular complexity index is 188. The van der Waals surface area contributed by atoms with Gasteiger partial charge in [0.15, 0.2) is 0 Å². The molecule has 0 spiro atoms. The van der Waals surface area contributed by atoms with E-state index < -0.39 is 0 Å². The van der Waals surface area contributed by atoms with Crippen molar-refractivity contribution in [2.24, 2.45) is 11.7 Å². The van der Waals surface area contributed by atoms with E-state index in [1.54, 1.807) is 0 Å². The third kappa shape index (κ3) is 10.6. The highest BCUT2D eigenvalue weighted by atomic mass is 32.2. The van der Waals surface area contributed by atoms with Gasteiger partial charge in [-0.2, -0.15) is 11.8 Å². The van der Waals surface area contributed by atoms with E-state index in [0.717, 1.165) is 25.8 Å². The molecule has 0 rings (SSSR count). The molecule has 17 heavy (non-hydrogen) atoms. The Kier molecular flexibility index (Phi) is 12.1. The van der Waals surface area contributed by atoms with Crippen LogP contribution in [0.5, 0.6) is 0 Å². The van der Waals surface area contributed by atoms with Gasteiger partial charge in [0.1, 0.15) is 0 Å². The molecular formula is C13H28N2OS. The van der Waals surface area contributed by atoms with Crippen molar-refractivity contribution in [1.82, 2.24) is 5.32 Å². The number of carbonyl (C=O) groups is 1. The Morgan fingerprint density at radius 1 is 1.24 bits per heavy atom. The number of amides is 1. The Balaban J connectivity index is 3.32. The topological polar surface area (TPSA) is 55.1 Å². The van der Waals surface area contributed by atoms with Gasteiger partial charge < -0.3 is 11.1 Å². The van der Waals surface area contributed by atoms with Gasteiger partial charge in [0.05, 0.1) is 0 Å². The van der Waals surface area contributed by atoms with E-state index in [-0.39, 0.29) is 11.8 Å². The smallest absolute Gasteiger partial charge is 0.222 e. The maximum Gasteiger partial charge on any atom is 0.222 e. The van der Waals surface area contributed by atoms with Gasteiger partial charge in [-0.25, -0.2) is 0 Å². The van der Waals surface area contributed by atoms with Crippen molar-refractivity contribution >= 4 is 17.7 Å². The van der Waals surface area contributed by atoms with Crippen molar-refractivity contribution in [2.45, 2.75) is 45.4 Å². The third-order valence-electron chi connectivity index (χ3n) is 2.86. The zero-order valence-electron chi connectivity index (χ0n) is 11.3. The van der Waals surface area contributed by atoms with Crippen molar-refractivity contribution in [3.05, 3.63) is 0 Å². The van der Waals surface area contributed by atoms with Gasteiger partial charge in [0.2, 0.25) is 5.91 Å². The first-order valence-electron chi connectivity index (χ1n) is 6.69. The van der Waals surface area contributed by atoms with Crippen LogP contribution in [0, 0.1) is 5.92 Å². The Hall–Kier alpha value is -0.220. The Labute approximate surface area is 110 Å². The highest BCUT2D eigenvalue weighted by Gasteiger charge is 2.10. The molecule has 0 aromatic rings. The molecular weight excluding hydrogens is 232 g/mol. The van der Waals surface area contributed by atoms with E-state index in [4.69, 9.17) is 5.73 Å². The van der Waals surface area contributed by atoms with E-state index in [0.29, 0.717) is 6.54 Å². The molecule has 0 heterocycles. The second kappa shape index (κ2) is 12.2. The van der Waals surface area contributed by atoms with Crippen LogP contribution >= 0.6 is 11.8 Å². The summed E-state index contributed by atoms with van der Waals surface area (Å²) < 4.78 is 0. The zero-order valence-corrected chi connectivity index (χ0v) is 12.2. The van der Waals surface area contributed by atoms with Crippen LogP contribution in [0.25, 0.3) is 0 Å². The lowest BCUT2D eigenvalue weighted by atomic mass is 10.0. The minimum Gasteiger partial charge on any atom is -0.356 e. The summed E-state index contributed by atoms with van der Waals surface area (Å²) in [6.07, 6.45) is 8.87. The number of nitrogens with two attached hydrogens (primary N) is 1. The molecule has 1 amide bonds. The van der Waals surface area contributed by atoms with E-state index in [9.17, 15) is 4.79 Å². The second-order valence-corrected chi connectivity index (χ2v) is 5.52. The van der Waals surface area contributed by atoms with Gasteiger partial charge >= 0.3 is 0 Å². The summed E-state index contributed by atoms with van der Waals surface area (Å²) in [5.74, 6) is 1.54. The summed E-state index contributed by atoms with van der Waals surface area (Å²) in [6.45, 7) is 3.47. The monoisotopic (exact) mass is 260 g/mol. The molecule has 0 aliphatic carbocycles. The van der Waals surface area contributed by atoms with E-state index >= 15 is 0 Å². The molecule has 102 valence electrons. The standard InChI is InChI=1S/C13H28N2OS/c1-12(8-7-9-14)13(16)15-10-5-3-4-6-11-17-2/h12H,3-11,14H2,1-2H3,(H,15,16). The SMILES string of the molecule is CSCCCCCCNC(=O)C(C)CCCN. The fraction of sp³-hybridized carbons (Fsp3) is 0.923. The fourth-order valence-electron chi connectivity index (χ4n) is 1.67. The maximum atomic E-state index is 11.6. The molecule has 4 heteroatoms. The molecule has 0 aromatic carbocycles. The van der Waals surface area contributed by atoms with Gasteiger partial charge in [0.25, 0.3) is 0 Å². The molecule has 0 fully saturated rings. The summed E-state index contributed by atoms with van der Waals surface area (Å²) in [6, 6.07) is 0. The first-order valence-corrected chi connectivity index (χ1v) is 8.08. The van der Waals surface area contributed by atoms with Crippen molar-refractivity contribution < 1.29 is 4.79 Å². The third-order valence-corrected chi connectivity index (χ3v) is 3.56. The van der Waals surface area contributed by atoms with Crippen LogP contribution in [-0.2, 0) is 4.79 Å². The summed E-state index contributed by atoms with van der Waals surface area (Å²) in [4.78, 5) is 11.6. The number of hydrogen-bond donors (Lipinski definition) is 2. The molecule has 0 radical (unpaired) electrons. The minimum atomic E-state index is 0.107. The van der Waals surface area contributed by atoms with Gasteiger partial charge in [-0.1, -0.05) is 19.8 Å². The molecule has 3 nitrogen and oxygen atoms in total. The Morgan fingerprint density at radius 3 is 2.59 bits per heavy atom.